The highest BCUT2D eigenvalue weighted by atomic mass is 35.5. The summed E-state index contributed by atoms with van der Waals surface area (Å²) in [5.74, 6) is 0.0699. The van der Waals surface area contributed by atoms with Crippen LogP contribution in [0.4, 0.5) is 18.9 Å². The molecule has 0 spiro atoms. The summed E-state index contributed by atoms with van der Waals surface area (Å²) in [7, 11) is 0. The van der Waals surface area contributed by atoms with Gasteiger partial charge in [-0.2, -0.15) is 18.4 Å². The van der Waals surface area contributed by atoms with Crippen LogP contribution in [0.25, 0.3) is 0 Å². The Hall–Kier alpha value is -2.10. The van der Waals surface area contributed by atoms with E-state index in [1.807, 2.05) is 6.07 Å². The molecule has 2 aromatic rings. The number of benzene rings is 2. The Morgan fingerprint density at radius 1 is 1.09 bits per heavy atom. The second-order valence-corrected chi connectivity index (χ2v) is 5.04. The lowest BCUT2D eigenvalue weighted by Gasteiger charge is -2.13. The molecule has 2 N–H and O–H groups in total. The van der Waals surface area contributed by atoms with Gasteiger partial charge in [0.05, 0.1) is 26.9 Å². The average Bonchev–Trinajstić information content (AvgIpc) is 2.41. The van der Waals surface area contributed by atoms with Gasteiger partial charge >= 0.3 is 6.18 Å². The summed E-state index contributed by atoms with van der Waals surface area (Å²) in [4.78, 5) is 0. The molecule has 0 bridgehead atoms. The monoisotopic (exact) mass is 346 g/mol. The van der Waals surface area contributed by atoms with Crippen molar-refractivity contribution in [1.29, 1.82) is 5.26 Å². The highest BCUT2D eigenvalue weighted by Crippen LogP contribution is 2.41. The summed E-state index contributed by atoms with van der Waals surface area (Å²) in [6, 6.07) is 7.50. The van der Waals surface area contributed by atoms with Crippen LogP contribution < -0.4 is 10.5 Å². The van der Waals surface area contributed by atoms with Gasteiger partial charge in [0.15, 0.2) is 5.75 Å². The van der Waals surface area contributed by atoms with Crippen LogP contribution in [-0.2, 0) is 6.18 Å². The predicted molar refractivity (Wildman–Crippen MR) is 77.1 cm³/mol. The van der Waals surface area contributed by atoms with E-state index in [1.54, 1.807) is 0 Å². The maximum atomic E-state index is 12.6. The van der Waals surface area contributed by atoms with Gasteiger partial charge in [0.2, 0.25) is 0 Å². The molecule has 0 aromatic heterocycles. The second-order valence-electron chi connectivity index (χ2n) is 4.23. The summed E-state index contributed by atoms with van der Waals surface area (Å²) >= 11 is 11.6. The molecule has 0 saturated heterocycles. The number of hydrogen-bond donors (Lipinski definition) is 1. The third-order valence-corrected chi connectivity index (χ3v) is 3.25. The van der Waals surface area contributed by atoms with E-state index in [0.717, 1.165) is 12.1 Å². The molecule has 0 unspecified atom stereocenters. The molecule has 0 radical (unpaired) electrons. The summed E-state index contributed by atoms with van der Waals surface area (Å²) in [5.41, 5.74) is 5.06. The molecule has 114 valence electrons. The van der Waals surface area contributed by atoms with Gasteiger partial charge in [-0.1, -0.05) is 23.2 Å². The van der Waals surface area contributed by atoms with Gasteiger partial charge in [-0.3, -0.25) is 0 Å². The Morgan fingerprint density at radius 3 is 2.14 bits per heavy atom. The van der Waals surface area contributed by atoms with Crippen molar-refractivity contribution in [2.75, 3.05) is 5.73 Å². The minimum absolute atomic E-state index is 0.125. The van der Waals surface area contributed by atoms with Crippen molar-refractivity contribution in [2.45, 2.75) is 6.18 Å². The zero-order valence-corrected chi connectivity index (χ0v) is 12.2. The molecule has 0 aliphatic carbocycles. The molecule has 0 amide bonds. The van der Waals surface area contributed by atoms with Crippen LogP contribution in [0.15, 0.2) is 30.3 Å². The lowest BCUT2D eigenvalue weighted by Crippen LogP contribution is -2.05. The lowest BCUT2D eigenvalue weighted by molar-refractivity contribution is -0.137. The standard InChI is InChI=1S/C14H7Cl2F3N2O/c15-10-3-8(14(17,18)19)4-11(16)13(10)22-9-2-1-7(6-20)12(21)5-9/h1-5H,21H2. The molecule has 0 atom stereocenters. The number of nitrogens with zero attached hydrogens (tertiary/aromatic N) is 1. The van der Waals surface area contributed by atoms with E-state index in [-0.39, 0.29) is 32.8 Å². The predicted octanol–water partition coefficient (Wildman–Crippen LogP) is 5.26. The van der Waals surface area contributed by atoms with Crippen molar-refractivity contribution >= 4 is 28.9 Å². The van der Waals surface area contributed by atoms with Gasteiger partial charge in [0.25, 0.3) is 0 Å². The lowest BCUT2D eigenvalue weighted by atomic mass is 10.2. The van der Waals surface area contributed by atoms with E-state index < -0.39 is 11.7 Å². The van der Waals surface area contributed by atoms with Gasteiger partial charge in [-0.15, -0.1) is 0 Å². The minimum Gasteiger partial charge on any atom is -0.454 e. The number of hydrogen-bond acceptors (Lipinski definition) is 3. The topological polar surface area (TPSA) is 59.0 Å². The quantitative estimate of drug-likeness (QED) is 0.754. The Balaban J connectivity index is 2.39. The molecular weight excluding hydrogens is 340 g/mol. The third-order valence-electron chi connectivity index (χ3n) is 2.69. The zero-order valence-electron chi connectivity index (χ0n) is 10.7. The van der Waals surface area contributed by atoms with Crippen molar-refractivity contribution in [3.63, 3.8) is 0 Å². The average molecular weight is 347 g/mol. The Labute approximate surface area is 133 Å². The molecule has 0 fully saturated rings. The van der Waals surface area contributed by atoms with E-state index in [1.165, 1.54) is 18.2 Å². The van der Waals surface area contributed by atoms with Crippen LogP contribution in [0.1, 0.15) is 11.1 Å². The van der Waals surface area contributed by atoms with Crippen molar-refractivity contribution in [1.82, 2.24) is 0 Å². The first-order valence-electron chi connectivity index (χ1n) is 5.76. The Kier molecular flexibility index (Phi) is 4.40. The van der Waals surface area contributed by atoms with Crippen LogP contribution in [-0.4, -0.2) is 0 Å². The zero-order chi connectivity index (χ0) is 16.5. The fourth-order valence-corrected chi connectivity index (χ4v) is 2.21. The molecule has 0 aliphatic rings. The van der Waals surface area contributed by atoms with E-state index in [9.17, 15) is 13.2 Å². The van der Waals surface area contributed by atoms with E-state index >= 15 is 0 Å². The number of nitrogen functional groups attached to an aromatic ring is 1. The first-order chi connectivity index (χ1) is 10.2. The summed E-state index contributed by atoms with van der Waals surface area (Å²) in [5, 5.41) is 8.20. The van der Waals surface area contributed by atoms with Gasteiger partial charge in [-0.05, 0) is 24.3 Å². The van der Waals surface area contributed by atoms with E-state index in [4.69, 9.17) is 38.9 Å². The normalized spacial score (nSPS) is 11.1. The molecule has 8 heteroatoms. The highest BCUT2D eigenvalue weighted by Gasteiger charge is 2.32. The molecular formula is C14H7Cl2F3N2O. The van der Waals surface area contributed by atoms with Crippen LogP contribution in [0, 0.1) is 11.3 Å². The number of nitriles is 1. The number of rotatable bonds is 2. The smallest absolute Gasteiger partial charge is 0.416 e. The Bertz CT molecular complexity index is 747. The highest BCUT2D eigenvalue weighted by molar-refractivity contribution is 6.37. The first kappa shape index (κ1) is 16.3. The van der Waals surface area contributed by atoms with Crippen LogP contribution in [0.3, 0.4) is 0 Å². The van der Waals surface area contributed by atoms with Crippen LogP contribution in [0.2, 0.25) is 10.0 Å². The SMILES string of the molecule is N#Cc1ccc(Oc2c(Cl)cc(C(F)(F)F)cc2Cl)cc1N. The van der Waals surface area contributed by atoms with Crippen molar-refractivity contribution in [2.24, 2.45) is 0 Å². The number of ether oxygens (including phenoxy) is 1. The number of halogens is 5. The number of anilines is 1. The summed E-state index contributed by atoms with van der Waals surface area (Å²) in [6.07, 6.45) is -4.56. The molecule has 0 aliphatic heterocycles. The number of nitrogens with two attached hydrogens (primary N) is 1. The fourth-order valence-electron chi connectivity index (χ4n) is 1.65. The molecule has 0 saturated carbocycles. The fraction of sp³-hybridized carbons (Fsp3) is 0.0714. The third kappa shape index (κ3) is 3.38. The van der Waals surface area contributed by atoms with Crippen molar-refractivity contribution in [3.05, 3.63) is 51.5 Å². The molecule has 2 rings (SSSR count). The number of alkyl halides is 3. The van der Waals surface area contributed by atoms with Crippen molar-refractivity contribution in [3.8, 4) is 17.6 Å². The maximum Gasteiger partial charge on any atom is 0.416 e. The molecule has 0 heterocycles. The second kappa shape index (κ2) is 5.95. The van der Waals surface area contributed by atoms with Crippen molar-refractivity contribution < 1.29 is 17.9 Å². The van der Waals surface area contributed by atoms with Gasteiger partial charge < -0.3 is 10.5 Å². The Morgan fingerprint density at radius 2 is 1.68 bits per heavy atom. The summed E-state index contributed by atoms with van der Waals surface area (Å²) in [6.45, 7) is 0. The largest absolute Gasteiger partial charge is 0.454 e. The minimum atomic E-state index is -4.56. The maximum absolute atomic E-state index is 12.6. The van der Waals surface area contributed by atoms with Crippen LogP contribution in [0.5, 0.6) is 11.5 Å². The van der Waals surface area contributed by atoms with Gasteiger partial charge in [0.1, 0.15) is 11.8 Å². The first-order valence-corrected chi connectivity index (χ1v) is 6.51. The van der Waals surface area contributed by atoms with Gasteiger partial charge in [0, 0.05) is 6.07 Å². The van der Waals surface area contributed by atoms with Crippen LogP contribution >= 0.6 is 23.2 Å². The van der Waals surface area contributed by atoms with E-state index in [0.29, 0.717) is 0 Å². The molecule has 2 aromatic carbocycles. The molecule has 3 nitrogen and oxygen atoms in total. The molecule has 22 heavy (non-hydrogen) atoms. The van der Waals surface area contributed by atoms with Gasteiger partial charge in [-0.25, -0.2) is 0 Å². The summed E-state index contributed by atoms with van der Waals surface area (Å²) < 4.78 is 43.3. The van der Waals surface area contributed by atoms with E-state index in [2.05, 4.69) is 0 Å².